The molecular formula is C16H22N2O3. The number of likely N-dealkylation sites (N-methyl/N-ethyl adjacent to an activating group) is 1. The van der Waals surface area contributed by atoms with Crippen molar-refractivity contribution in [3.05, 3.63) is 29.8 Å². The molecular weight excluding hydrogens is 268 g/mol. The SMILES string of the molecule is CC(CO)N(C)C(=O)Cc1ccc(N2CCCC2=O)cc1. The number of anilines is 1. The first-order chi connectivity index (χ1) is 10.0. The first-order valence-electron chi connectivity index (χ1n) is 7.28. The second-order valence-corrected chi connectivity index (χ2v) is 5.53. The maximum Gasteiger partial charge on any atom is 0.227 e. The number of carbonyl (C=O) groups excluding carboxylic acids is 2. The number of aliphatic hydroxyl groups is 1. The average molecular weight is 290 g/mol. The molecule has 1 saturated heterocycles. The fourth-order valence-electron chi connectivity index (χ4n) is 2.38. The van der Waals surface area contributed by atoms with Crippen LogP contribution >= 0.6 is 0 Å². The van der Waals surface area contributed by atoms with E-state index in [2.05, 4.69) is 0 Å². The molecule has 0 spiro atoms. The summed E-state index contributed by atoms with van der Waals surface area (Å²) < 4.78 is 0. The predicted octanol–water partition coefficient (Wildman–Crippen LogP) is 1.20. The fraction of sp³-hybridized carbons (Fsp3) is 0.500. The third-order valence-corrected chi connectivity index (χ3v) is 4.00. The van der Waals surface area contributed by atoms with Gasteiger partial charge in [-0.05, 0) is 31.0 Å². The van der Waals surface area contributed by atoms with Gasteiger partial charge < -0.3 is 14.9 Å². The third kappa shape index (κ3) is 3.61. The van der Waals surface area contributed by atoms with E-state index >= 15 is 0 Å². The molecule has 1 atom stereocenters. The molecule has 1 aliphatic rings. The summed E-state index contributed by atoms with van der Waals surface area (Å²) in [6.07, 6.45) is 1.82. The van der Waals surface area contributed by atoms with Crippen LogP contribution in [0.2, 0.25) is 0 Å². The normalized spacial score (nSPS) is 16.1. The van der Waals surface area contributed by atoms with Crippen LogP contribution in [0.15, 0.2) is 24.3 Å². The molecule has 5 heteroatoms. The van der Waals surface area contributed by atoms with Gasteiger partial charge in [0.25, 0.3) is 0 Å². The first-order valence-corrected chi connectivity index (χ1v) is 7.28. The van der Waals surface area contributed by atoms with Crippen LogP contribution in [-0.2, 0) is 16.0 Å². The highest BCUT2D eigenvalue weighted by Gasteiger charge is 2.21. The van der Waals surface area contributed by atoms with Crippen molar-refractivity contribution in [1.29, 1.82) is 0 Å². The van der Waals surface area contributed by atoms with Crippen molar-refractivity contribution in [1.82, 2.24) is 4.90 Å². The highest BCUT2D eigenvalue weighted by atomic mass is 16.3. The van der Waals surface area contributed by atoms with E-state index in [1.165, 1.54) is 0 Å². The van der Waals surface area contributed by atoms with E-state index < -0.39 is 0 Å². The van der Waals surface area contributed by atoms with E-state index in [0.717, 1.165) is 24.2 Å². The number of benzene rings is 1. The van der Waals surface area contributed by atoms with Gasteiger partial charge in [-0.1, -0.05) is 12.1 Å². The molecule has 114 valence electrons. The van der Waals surface area contributed by atoms with E-state index in [-0.39, 0.29) is 24.5 Å². The molecule has 1 aromatic carbocycles. The Labute approximate surface area is 125 Å². The first kappa shape index (κ1) is 15.5. The molecule has 0 radical (unpaired) electrons. The molecule has 0 aliphatic carbocycles. The molecule has 1 aromatic rings. The number of hydrogen-bond donors (Lipinski definition) is 1. The Morgan fingerprint density at radius 1 is 1.38 bits per heavy atom. The summed E-state index contributed by atoms with van der Waals surface area (Å²) >= 11 is 0. The summed E-state index contributed by atoms with van der Waals surface area (Å²) in [4.78, 5) is 27.1. The fourth-order valence-corrected chi connectivity index (χ4v) is 2.38. The summed E-state index contributed by atoms with van der Waals surface area (Å²) in [6.45, 7) is 2.53. The maximum absolute atomic E-state index is 12.1. The van der Waals surface area contributed by atoms with Crippen molar-refractivity contribution in [2.24, 2.45) is 0 Å². The summed E-state index contributed by atoms with van der Waals surface area (Å²) in [5, 5.41) is 9.07. The summed E-state index contributed by atoms with van der Waals surface area (Å²) in [7, 11) is 1.69. The lowest BCUT2D eigenvalue weighted by atomic mass is 10.1. The lowest BCUT2D eigenvalue weighted by molar-refractivity contribution is -0.131. The van der Waals surface area contributed by atoms with Crippen LogP contribution in [0.25, 0.3) is 0 Å². The van der Waals surface area contributed by atoms with Gasteiger partial charge in [0.15, 0.2) is 0 Å². The van der Waals surface area contributed by atoms with Crippen LogP contribution < -0.4 is 4.90 Å². The molecule has 5 nitrogen and oxygen atoms in total. The zero-order valence-corrected chi connectivity index (χ0v) is 12.6. The van der Waals surface area contributed by atoms with Gasteiger partial charge in [-0.15, -0.1) is 0 Å². The molecule has 1 N–H and O–H groups in total. The van der Waals surface area contributed by atoms with Crippen molar-refractivity contribution in [3.8, 4) is 0 Å². The van der Waals surface area contributed by atoms with Crippen molar-refractivity contribution in [3.63, 3.8) is 0 Å². The monoisotopic (exact) mass is 290 g/mol. The smallest absolute Gasteiger partial charge is 0.227 e. The molecule has 2 amide bonds. The molecule has 1 fully saturated rings. The van der Waals surface area contributed by atoms with Crippen molar-refractivity contribution >= 4 is 17.5 Å². The van der Waals surface area contributed by atoms with Crippen LogP contribution in [0.3, 0.4) is 0 Å². The lowest BCUT2D eigenvalue weighted by Gasteiger charge is -2.23. The third-order valence-electron chi connectivity index (χ3n) is 4.00. The van der Waals surface area contributed by atoms with Crippen LogP contribution in [0, 0.1) is 0 Å². The zero-order chi connectivity index (χ0) is 15.4. The van der Waals surface area contributed by atoms with Crippen LogP contribution in [0.5, 0.6) is 0 Å². The van der Waals surface area contributed by atoms with E-state index in [4.69, 9.17) is 5.11 Å². The number of hydrogen-bond acceptors (Lipinski definition) is 3. The number of amides is 2. The molecule has 0 bridgehead atoms. The van der Waals surface area contributed by atoms with Crippen molar-refractivity contribution < 1.29 is 14.7 Å². The molecule has 1 heterocycles. The number of carbonyl (C=O) groups is 2. The molecule has 21 heavy (non-hydrogen) atoms. The van der Waals surface area contributed by atoms with Crippen LogP contribution in [-0.4, -0.2) is 48.1 Å². The van der Waals surface area contributed by atoms with Crippen molar-refractivity contribution in [2.45, 2.75) is 32.2 Å². The molecule has 0 aromatic heterocycles. The van der Waals surface area contributed by atoms with E-state index in [9.17, 15) is 9.59 Å². The van der Waals surface area contributed by atoms with Gasteiger partial charge in [0.2, 0.25) is 11.8 Å². The minimum absolute atomic E-state index is 0.0263. The Morgan fingerprint density at radius 2 is 2.05 bits per heavy atom. The summed E-state index contributed by atoms with van der Waals surface area (Å²) in [6, 6.07) is 7.37. The standard InChI is InChI=1S/C16H22N2O3/c1-12(11-19)17(2)16(21)10-13-5-7-14(8-6-13)18-9-3-4-15(18)20/h5-8,12,19H,3-4,9-11H2,1-2H3. The quantitative estimate of drug-likeness (QED) is 0.886. The van der Waals surface area contributed by atoms with Gasteiger partial charge >= 0.3 is 0 Å². The van der Waals surface area contributed by atoms with Crippen LogP contribution in [0.4, 0.5) is 5.69 Å². The minimum atomic E-state index is -0.181. The van der Waals surface area contributed by atoms with Gasteiger partial charge in [-0.25, -0.2) is 0 Å². The molecule has 2 rings (SSSR count). The number of rotatable bonds is 5. The number of nitrogens with zero attached hydrogens (tertiary/aromatic N) is 2. The molecule has 0 saturated carbocycles. The van der Waals surface area contributed by atoms with E-state index in [1.807, 2.05) is 24.3 Å². The maximum atomic E-state index is 12.1. The predicted molar refractivity (Wildman–Crippen MR) is 81.1 cm³/mol. The Morgan fingerprint density at radius 3 is 2.57 bits per heavy atom. The highest BCUT2D eigenvalue weighted by molar-refractivity contribution is 5.95. The van der Waals surface area contributed by atoms with Gasteiger partial charge in [-0.2, -0.15) is 0 Å². The Bertz CT molecular complexity index is 513. The van der Waals surface area contributed by atoms with Gasteiger partial charge in [0.1, 0.15) is 0 Å². The van der Waals surface area contributed by atoms with Gasteiger partial charge in [0, 0.05) is 25.7 Å². The van der Waals surface area contributed by atoms with Gasteiger partial charge in [-0.3, -0.25) is 9.59 Å². The second kappa shape index (κ2) is 6.72. The average Bonchev–Trinajstić information content (AvgIpc) is 2.92. The minimum Gasteiger partial charge on any atom is -0.394 e. The Kier molecular flexibility index (Phi) is 4.96. The summed E-state index contributed by atoms with van der Waals surface area (Å²) in [5.41, 5.74) is 1.80. The largest absolute Gasteiger partial charge is 0.394 e. The zero-order valence-electron chi connectivity index (χ0n) is 12.6. The Balaban J connectivity index is 1.99. The van der Waals surface area contributed by atoms with E-state index in [1.54, 1.807) is 23.8 Å². The lowest BCUT2D eigenvalue weighted by Crippen LogP contribution is -2.38. The second-order valence-electron chi connectivity index (χ2n) is 5.53. The molecule has 1 aliphatic heterocycles. The van der Waals surface area contributed by atoms with E-state index in [0.29, 0.717) is 12.8 Å². The Hall–Kier alpha value is -1.88. The topological polar surface area (TPSA) is 60.9 Å². The molecule has 1 unspecified atom stereocenters. The van der Waals surface area contributed by atoms with Gasteiger partial charge in [0.05, 0.1) is 19.1 Å². The summed E-state index contributed by atoms with van der Waals surface area (Å²) in [5.74, 6) is 0.136. The van der Waals surface area contributed by atoms with Crippen LogP contribution in [0.1, 0.15) is 25.3 Å². The highest BCUT2D eigenvalue weighted by Crippen LogP contribution is 2.21. The van der Waals surface area contributed by atoms with Crippen molar-refractivity contribution in [2.75, 3.05) is 25.1 Å². The number of aliphatic hydroxyl groups excluding tert-OH is 1.